The molecular weight excluding hydrogens is 355 g/mol. The second-order valence-electron chi connectivity index (χ2n) is 7.13. The summed E-state index contributed by atoms with van der Waals surface area (Å²) in [7, 11) is 2.00. The summed E-state index contributed by atoms with van der Waals surface area (Å²) in [5, 5.41) is 18.2. The van der Waals surface area contributed by atoms with Gasteiger partial charge in [0.05, 0.1) is 17.4 Å². The van der Waals surface area contributed by atoms with Gasteiger partial charge in [-0.1, -0.05) is 12.1 Å². The van der Waals surface area contributed by atoms with E-state index in [9.17, 15) is 9.65 Å². The Balaban J connectivity index is 1.65. The van der Waals surface area contributed by atoms with Crippen LogP contribution in [0.5, 0.6) is 0 Å². The van der Waals surface area contributed by atoms with Crippen LogP contribution in [0.4, 0.5) is 10.1 Å². The molecule has 0 amide bonds. The van der Waals surface area contributed by atoms with Crippen molar-refractivity contribution in [3.8, 4) is 17.2 Å². The molecule has 3 aromatic rings. The number of piperidine rings is 1. The molecule has 0 N–H and O–H groups in total. The largest absolute Gasteiger partial charge is 0.370 e. The molecule has 0 unspecified atom stereocenters. The number of aryl methyl sites for hydroxylation is 1. The molecule has 1 aromatic carbocycles. The van der Waals surface area contributed by atoms with Crippen molar-refractivity contribution in [3.05, 3.63) is 59.7 Å². The van der Waals surface area contributed by atoms with E-state index in [0.717, 1.165) is 48.8 Å². The molecule has 3 heterocycles. The van der Waals surface area contributed by atoms with Gasteiger partial charge in [0.25, 0.3) is 0 Å². The van der Waals surface area contributed by atoms with E-state index in [0.29, 0.717) is 17.0 Å². The van der Waals surface area contributed by atoms with Gasteiger partial charge in [-0.15, -0.1) is 10.2 Å². The average molecular weight is 376 g/mol. The number of halogens is 1. The van der Waals surface area contributed by atoms with Gasteiger partial charge >= 0.3 is 0 Å². The maximum atomic E-state index is 13.7. The standard InChI is InChI=1S/C21H21FN6/c1-14-25-26-21(27(14)2)15-6-8-28(9-7-15)20-16(11-23)4-3-5-19(20)17-10-18(22)13-24-12-17/h3-5,10,12-13,15H,6-9H2,1-2H3. The van der Waals surface area contributed by atoms with Crippen molar-refractivity contribution >= 4 is 5.69 Å². The van der Waals surface area contributed by atoms with Crippen molar-refractivity contribution < 1.29 is 4.39 Å². The van der Waals surface area contributed by atoms with Gasteiger partial charge in [-0.25, -0.2) is 4.39 Å². The normalized spacial score (nSPS) is 14.9. The number of anilines is 1. The zero-order valence-electron chi connectivity index (χ0n) is 15.9. The summed E-state index contributed by atoms with van der Waals surface area (Å²) in [6.07, 6.45) is 4.67. The fourth-order valence-electron chi connectivity index (χ4n) is 3.91. The molecule has 142 valence electrons. The summed E-state index contributed by atoms with van der Waals surface area (Å²) in [6, 6.07) is 9.31. The van der Waals surface area contributed by atoms with Gasteiger partial charge in [0, 0.05) is 43.4 Å². The zero-order valence-corrected chi connectivity index (χ0v) is 15.9. The van der Waals surface area contributed by atoms with Crippen LogP contribution in [0.3, 0.4) is 0 Å². The van der Waals surface area contributed by atoms with Crippen LogP contribution in [0.2, 0.25) is 0 Å². The number of hydrogen-bond donors (Lipinski definition) is 0. The summed E-state index contributed by atoms with van der Waals surface area (Å²) in [6.45, 7) is 3.55. The summed E-state index contributed by atoms with van der Waals surface area (Å²) >= 11 is 0. The first-order chi connectivity index (χ1) is 13.6. The lowest BCUT2D eigenvalue weighted by Crippen LogP contribution is -2.34. The van der Waals surface area contributed by atoms with E-state index in [-0.39, 0.29) is 5.82 Å². The molecule has 0 atom stereocenters. The van der Waals surface area contributed by atoms with Crippen molar-refractivity contribution in [2.45, 2.75) is 25.7 Å². The quantitative estimate of drug-likeness (QED) is 0.699. The third-order valence-electron chi connectivity index (χ3n) is 5.47. The van der Waals surface area contributed by atoms with Gasteiger partial charge in [-0.3, -0.25) is 4.98 Å². The van der Waals surface area contributed by atoms with E-state index in [1.807, 2.05) is 36.7 Å². The number of para-hydroxylation sites is 1. The number of hydrogen-bond acceptors (Lipinski definition) is 5. The monoisotopic (exact) mass is 376 g/mol. The van der Waals surface area contributed by atoms with Gasteiger partial charge in [-0.05, 0) is 31.9 Å². The highest BCUT2D eigenvalue weighted by Gasteiger charge is 2.27. The number of benzene rings is 1. The fraction of sp³-hybridized carbons (Fsp3) is 0.333. The number of rotatable bonds is 3. The van der Waals surface area contributed by atoms with Crippen LogP contribution in [-0.4, -0.2) is 32.8 Å². The Morgan fingerprint density at radius 2 is 1.96 bits per heavy atom. The lowest BCUT2D eigenvalue weighted by molar-refractivity contribution is 0.473. The van der Waals surface area contributed by atoms with Crippen LogP contribution in [0.1, 0.15) is 36.0 Å². The van der Waals surface area contributed by atoms with Crippen molar-refractivity contribution in [1.29, 1.82) is 5.26 Å². The van der Waals surface area contributed by atoms with Gasteiger partial charge in [0.1, 0.15) is 23.5 Å². The van der Waals surface area contributed by atoms with Crippen LogP contribution >= 0.6 is 0 Å². The maximum absolute atomic E-state index is 13.7. The molecule has 4 rings (SSSR count). The van der Waals surface area contributed by atoms with E-state index in [4.69, 9.17) is 0 Å². The zero-order chi connectivity index (χ0) is 19.7. The molecule has 2 aromatic heterocycles. The smallest absolute Gasteiger partial charge is 0.142 e. The lowest BCUT2D eigenvalue weighted by Gasteiger charge is -2.35. The predicted molar refractivity (Wildman–Crippen MR) is 104 cm³/mol. The van der Waals surface area contributed by atoms with Gasteiger partial charge in [-0.2, -0.15) is 5.26 Å². The Morgan fingerprint density at radius 1 is 1.18 bits per heavy atom. The number of nitrogens with zero attached hydrogens (tertiary/aromatic N) is 6. The molecular formula is C21H21FN6. The van der Waals surface area contributed by atoms with Gasteiger partial charge in [0.2, 0.25) is 0 Å². The summed E-state index contributed by atoms with van der Waals surface area (Å²) in [5.41, 5.74) is 2.96. The third-order valence-corrected chi connectivity index (χ3v) is 5.47. The van der Waals surface area contributed by atoms with Crippen LogP contribution < -0.4 is 4.90 Å². The molecule has 1 aliphatic heterocycles. The number of pyridine rings is 1. The van der Waals surface area contributed by atoms with Crippen LogP contribution in [0.25, 0.3) is 11.1 Å². The molecule has 0 spiro atoms. The highest BCUT2D eigenvalue weighted by molar-refractivity contribution is 5.82. The van der Waals surface area contributed by atoms with Crippen LogP contribution in [-0.2, 0) is 7.05 Å². The number of nitriles is 1. The highest BCUT2D eigenvalue weighted by Crippen LogP contribution is 2.37. The Hall–Kier alpha value is -3.27. The first kappa shape index (κ1) is 18.1. The second-order valence-corrected chi connectivity index (χ2v) is 7.13. The van der Waals surface area contributed by atoms with E-state index in [2.05, 4.69) is 26.2 Å². The lowest BCUT2D eigenvalue weighted by atomic mass is 9.93. The van der Waals surface area contributed by atoms with Gasteiger partial charge < -0.3 is 9.47 Å². The van der Waals surface area contributed by atoms with E-state index >= 15 is 0 Å². The second kappa shape index (κ2) is 7.39. The fourth-order valence-corrected chi connectivity index (χ4v) is 3.91. The molecule has 1 saturated heterocycles. The van der Waals surface area contributed by atoms with Crippen molar-refractivity contribution in [2.75, 3.05) is 18.0 Å². The van der Waals surface area contributed by atoms with Gasteiger partial charge in [0.15, 0.2) is 0 Å². The SMILES string of the molecule is Cc1nnc(C2CCN(c3c(C#N)cccc3-c3cncc(F)c3)CC2)n1C. The Kier molecular flexibility index (Phi) is 4.78. The first-order valence-electron chi connectivity index (χ1n) is 9.33. The van der Waals surface area contributed by atoms with E-state index < -0.39 is 0 Å². The molecule has 28 heavy (non-hydrogen) atoms. The molecule has 0 bridgehead atoms. The minimum absolute atomic E-state index is 0.344. The van der Waals surface area contributed by atoms with E-state index in [1.165, 1.54) is 12.3 Å². The topological polar surface area (TPSA) is 70.6 Å². The van der Waals surface area contributed by atoms with Crippen LogP contribution in [0, 0.1) is 24.1 Å². The molecule has 0 aliphatic carbocycles. The van der Waals surface area contributed by atoms with Crippen molar-refractivity contribution in [1.82, 2.24) is 19.7 Å². The molecule has 7 heteroatoms. The minimum Gasteiger partial charge on any atom is -0.370 e. The summed E-state index contributed by atoms with van der Waals surface area (Å²) < 4.78 is 15.8. The van der Waals surface area contributed by atoms with Crippen molar-refractivity contribution in [3.63, 3.8) is 0 Å². The minimum atomic E-state index is -0.387. The maximum Gasteiger partial charge on any atom is 0.142 e. The molecule has 6 nitrogen and oxygen atoms in total. The van der Waals surface area contributed by atoms with Crippen LogP contribution in [0.15, 0.2) is 36.7 Å². The highest BCUT2D eigenvalue weighted by atomic mass is 19.1. The summed E-state index contributed by atoms with van der Waals surface area (Å²) in [4.78, 5) is 6.19. The molecule has 0 radical (unpaired) electrons. The molecule has 1 aliphatic rings. The summed E-state index contributed by atoms with van der Waals surface area (Å²) in [5.74, 6) is 1.88. The number of aromatic nitrogens is 4. The van der Waals surface area contributed by atoms with Crippen molar-refractivity contribution in [2.24, 2.45) is 7.05 Å². The Labute approximate surface area is 163 Å². The first-order valence-corrected chi connectivity index (χ1v) is 9.33. The van der Waals surface area contributed by atoms with E-state index in [1.54, 1.807) is 6.20 Å². The third kappa shape index (κ3) is 3.22. The molecule has 1 fully saturated rings. The molecule has 0 saturated carbocycles. The Bertz CT molecular complexity index is 1040. The average Bonchev–Trinajstić information content (AvgIpc) is 3.06. The predicted octanol–water partition coefficient (Wildman–Crippen LogP) is 3.58. The Morgan fingerprint density at radius 3 is 2.61 bits per heavy atom.